The lowest BCUT2D eigenvalue weighted by atomic mass is 9.64. The monoisotopic (exact) mass is 297 g/mol. The van der Waals surface area contributed by atoms with Crippen LogP contribution in [0.1, 0.15) is 51.4 Å². The van der Waals surface area contributed by atoms with E-state index in [1.807, 2.05) is 11.8 Å². The van der Waals surface area contributed by atoms with Crippen LogP contribution in [0, 0.1) is 11.3 Å². The number of ketones is 1. The van der Waals surface area contributed by atoms with Gasteiger partial charge in [-0.2, -0.15) is 11.8 Å². The first-order chi connectivity index (χ1) is 9.67. The number of rotatable bonds is 4. The van der Waals surface area contributed by atoms with Crippen LogP contribution in [0.2, 0.25) is 0 Å². The number of thioether (sulfide) groups is 1. The summed E-state index contributed by atoms with van der Waals surface area (Å²) in [4.78, 5) is 12.7. The number of carbonyl (C=O) groups excluding carboxylic acids is 1. The maximum Gasteiger partial charge on any atom is 0.136 e. The van der Waals surface area contributed by atoms with Crippen molar-refractivity contribution in [2.75, 3.05) is 24.7 Å². The summed E-state index contributed by atoms with van der Waals surface area (Å²) < 4.78 is 6.09. The Morgan fingerprint density at radius 2 is 2.00 bits per heavy atom. The van der Waals surface area contributed by atoms with Crippen LogP contribution in [0.15, 0.2) is 0 Å². The standard InChI is InChI=1S/C16H27NO2S/c17-12-15(3-1-4-15)11-14(18)13-2-7-19-16(10-13)5-8-20-9-6-16/h13H,1-12,17H2. The molecule has 2 heterocycles. The SMILES string of the molecule is NCC1(CC(=O)C2CCOC3(CCSCC3)C2)CCC1. The summed E-state index contributed by atoms with van der Waals surface area (Å²) in [5, 5.41) is 0. The van der Waals surface area contributed by atoms with Crippen LogP contribution in [0.4, 0.5) is 0 Å². The summed E-state index contributed by atoms with van der Waals surface area (Å²) in [5.74, 6) is 3.08. The first kappa shape index (κ1) is 14.9. The van der Waals surface area contributed by atoms with E-state index in [1.165, 1.54) is 17.9 Å². The molecule has 1 aliphatic carbocycles. The van der Waals surface area contributed by atoms with Gasteiger partial charge in [-0.15, -0.1) is 0 Å². The van der Waals surface area contributed by atoms with Crippen molar-refractivity contribution >= 4 is 17.5 Å². The molecule has 3 rings (SSSR count). The molecule has 114 valence electrons. The van der Waals surface area contributed by atoms with Crippen LogP contribution in [0.5, 0.6) is 0 Å². The van der Waals surface area contributed by atoms with Crippen LogP contribution >= 0.6 is 11.8 Å². The molecule has 2 saturated heterocycles. The average Bonchev–Trinajstić information content (AvgIpc) is 2.43. The molecule has 0 aromatic heterocycles. The number of ether oxygens (including phenoxy) is 1. The molecule has 2 N–H and O–H groups in total. The highest BCUT2D eigenvalue weighted by atomic mass is 32.2. The van der Waals surface area contributed by atoms with Gasteiger partial charge >= 0.3 is 0 Å². The first-order valence-corrected chi connectivity index (χ1v) is 9.27. The Morgan fingerprint density at radius 1 is 1.25 bits per heavy atom. The Kier molecular flexibility index (Phi) is 4.44. The molecule has 3 fully saturated rings. The lowest BCUT2D eigenvalue weighted by Gasteiger charge is -2.45. The molecular weight excluding hydrogens is 270 g/mol. The highest BCUT2D eigenvalue weighted by molar-refractivity contribution is 7.99. The van der Waals surface area contributed by atoms with Crippen molar-refractivity contribution < 1.29 is 9.53 Å². The van der Waals surface area contributed by atoms with E-state index in [0.717, 1.165) is 51.6 Å². The molecule has 1 spiro atoms. The van der Waals surface area contributed by atoms with Crippen molar-refractivity contribution in [3.8, 4) is 0 Å². The lowest BCUT2D eigenvalue weighted by Crippen LogP contribution is -2.46. The number of carbonyl (C=O) groups is 1. The zero-order chi connectivity index (χ0) is 14.1. The molecule has 1 atom stereocenters. The first-order valence-electron chi connectivity index (χ1n) is 8.12. The normalized spacial score (nSPS) is 31.8. The minimum Gasteiger partial charge on any atom is -0.375 e. The van der Waals surface area contributed by atoms with E-state index in [-0.39, 0.29) is 16.9 Å². The van der Waals surface area contributed by atoms with E-state index in [4.69, 9.17) is 10.5 Å². The number of Topliss-reactive ketones (excluding diaryl/α,β-unsaturated/α-hetero) is 1. The maximum atomic E-state index is 12.7. The van der Waals surface area contributed by atoms with Crippen LogP contribution in [0.3, 0.4) is 0 Å². The van der Waals surface area contributed by atoms with E-state index in [2.05, 4.69) is 0 Å². The van der Waals surface area contributed by atoms with Gasteiger partial charge in [0.25, 0.3) is 0 Å². The van der Waals surface area contributed by atoms with Gasteiger partial charge in [0.05, 0.1) is 5.60 Å². The van der Waals surface area contributed by atoms with Gasteiger partial charge < -0.3 is 10.5 Å². The van der Waals surface area contributed by atoms with E-state index >= 15 is 0 Å². The summed E-state index contributed by atoms with van der Waals surface area (Å²) in [5.41, 5.74) is 6.09. The number of nitrogens with two attached hydrogens (primary N) is 1. The second kappa shape index (κ2) is 5.98. The Hall–Kier alpha value is -0.0600. The van der Waals surface area contributed by atoms with E-state index < -0.39 is 0 Å². The van der Waals surface area contributed by atoms with E-state index in [1.54, 1.807) is 0 Å². The van der Waals surface area contributed by atoms with Crippen molar-refractivity contribution in [2.45, 2.75) is 57.0 Å². The maximum absolute atomic E-state index is 12.7. The summed E-state index contributed by atoms with van der Waals surface area (Å²) in [6.45, 7) is 1.46. The molecule has 0 bridgehead atoms. The molecule has 1 unspecified atom stereocenters. The molecule has 3 nitrogen and oxygen atoms in total. The molecule has 4 heteroatoms. The van der Waals surface area contributed by atoms with Gasteiger partial charge in [0.1, 0.15) is 5.78 Å². The third-order valence-electron chi connectivity index (χ3n) is 5.75. The Morgan fingerprint density at radius 3 is 2.60 bits per heavy atom. The molecule has 1 saturated carbocycles. The number of hydrogen-bond acceptors (Lipinski definition) is 4. The van der Waals surface area contributed by atoms with Gasteiger partial charge in [0.15, 0.2) is 0 Å². The van der Waals surface area contributed by atoms with Crippen molar-refractivity contribution in [2.24, 2.45) is 17.1 Å². The molecule has 3 aliphatic rings. The molecule has 0 radical (unpaired) electrons. The second-order valence-electron chi connectivity index (χ2n) is 7.03. The third kappa shape index (κ3) is 2.93. The fourth-order valence-electron chi connectivity index (χ4n) is 4.04. The summed E-state index contributed by atoms with van der Waals surface area (Å²) in [6, 6.07) is 0. The largest absolute Gasteiger partial charge is 0.375 e. The zero-order valence-corrected chi connectivity index (χ0v) is 13.2. The van der Waals surface area contributed by atoms with Crippen LogP contribution in [-0.4, -0.2) is 36.0 Å². The Bertz CT molecular complexity index is 350. The van der Waals surface area contributed by atoms with E-state index in [0.29, 0.717) is 12.3 Å². The minimum absolute atomic E-state index is 0.0271. The fraction of sp³-hybridized carbons (Fsp3) is 0.938. The van der Waals surface area contributed by atoms with Gasteiger partial charge in [0, 0.05) is 18.9 Å². The molecule has 20 heavy (non-hydrogen) atoms. The van der Waals surface area contributed by atoms with Crippen molar-refractivity contribution in [3.05, 3.63) is 0 Å². The van der Waals surface area contributed by atoms with Gasteiger partial charge in [-0.1, -0.05) is 6.42 Å². The summed E-state index contributed by atoms with van der Waals surface area (Å²) in [6.07, 6.45) is 8.42. The predicted octanol–water partition coefficient (Wildman–Crippen LogP) is 2.77. The van der Waals surface area contributed by atoms with Crippen LogP contribution in [-0.2, 0) is 9.53 Å². The minimum atomic E-state index is 0.0271. The highest BCUT2D eigenvalue weighted by Crippen LogP contribution is 2.46. The fourth-order valence-corrected chi connectivity index (χ4v) is 5.28. The molecule has 0 amide bonds. The molecule has 2 aliphatic heterocycles. The van der Waals surface area contributed by atoms with Gasteiger partial charge in [-0.3, -0.25) is 4.79 Å². The van der Waals surface area contributed by atoms with Crippen molar-refractivity contribution in [1.82, 2.24) is 0 Å². The van der Waals surface area contributed by atoms with Crippen LogP contribution < -0.4 is 5.73 Å². The zero-order valence-electron chi connectivity index (χ0n) is 12.4. The molecule has 0 aromatic rings. The van der Waals surface area contributed by atoms with Gasteiger partial charge in [-0.05, 0) is 62.0 Å². The third-order valence-corrected chi connectivity index (χ3v) is 6.73. The van der Waals surface area contributed by atoms with Crippen LogP contribution in [0.25, 0.3) is 0 Å². The average molecular weight is 297 g/mol. The van der Waals surface area contributed by atoms with Crippen molar-refractivity contribution in [3.63, 3.8) is 0 Å². The molecular formula is C16H27NO2S. The smallest absolute Gasteiger partial charge is 0.136 e. The second-order valence-corrected chi connectivity index (χ2v) is 8.26. The highest BCUT2D eigenvalue weighted by Gasteiger charge is 2.44. The van der Waals surface area contributed by atoms with Crippen molar-refractivity contribution in [1.29, 1.82) is 0 Å². The topological polar surface area (TPSA) is 52.3 Å². The van der Waals surface area contributed by atoms with Gasteiger partial charge in [0.2, 0.25) is 0 Å². The van der Waals surface area contributed by atoms with Gasteiger partial charge in [-0.25, -0.2) is 0 Å². The Labute approximate surface area is 126 Å². The lowest BCUT2D eigenvalue weighted by molar-refractivity contribution is -0.141. The predicted molar refractivity (Wildman–Crippen MR) is 82.9 cm³/mol. The summed E-state index contributed by atoms with van der Waals surface area (Å²) in [7, 11) is 0. The quantitative estimate of drug-likeness (QED) is 0.867. The summed E-state index contributed by atoms with van der Waals surface area (Å²) >= 11 is 2.02. The van der Waals surface area contributed by atoms with E-state index in [9.17, 15) is 4.79 Å². The number of hydrogen-bond donors (Lipinski definition) is 1. The Balaban J connectivity index is 1.60. The molecule has 0 aromatic carbocycles.